The standard InChI is InChI=1S/C13H29NOS/c1-10(2)8-16-9-12(5)14-13(7-15-6)11(3)4/h10-14H,7-9H2,1-6H3. The summed E-state index contributed by atoms with van der Waals surface area (Å²) in [5.41, 5.74) is 0. The molecule has 0 spiro atoms. The van der Waals surface area contributed by atoms with Crippen molar-refractivity contribution in [3.05, 3.63) is 0 Å². The van der Waals surface area contributed by atoms with Gasteiger partial charge in [-0.2, -0.15) is 11.8 Å². The van der Waals surface area contributed by atoms with Crippen LogP contribution in [0.4, 0.5) is 0 Å². The maximum atomic E-state index is 5.24. The van der Waals surface area contributed by atoms with Crippen LogP contribution in [0.3, 0.4) is 0 Å². The monoisotopic (exact) mass is 247 g/mol. The molecule has 0 amide bonds. The molecule has 16 heavy (non-hydrogen) atoms. The Hall–Kier alpha value is 0.270. The summed E-state index contributed by atoms with van der Waals surface area (Å²) in [4.78, 5) is 0. The van der Waals surface area contributed by atoms with Crippen molar-refractivity contribution >= 4 is 11.8 Å². The zero-order valence-corrected chi connectivity index (χ0v) is 12.6. The van der Waals surface area contributed by atoms with Crippen molar-refractivity contribution < 1.29 is 4.74 Å². The van der Waals surface area contributed by atoms with E-state index in [1.807, 2.05) is 11.8 Å². The predicted octanol–water partition coefficient (Wildman–Crippen LogP) is 3.02. The first kappa shape index (κ1) is 16.3. The summed E-state index contributed by atoms with van der Waals surface area (Å²) in [6.45, 7) is 12.1. The normalized spacial score (nSPS) is 15.8. The second-order valence-corrected chi connectivity index (χ2v) is 6.38. The molecular formula is C13H29NOS. The van der Waals surface area contributed by atoms with Crippen molar-refractivity contribution in [1.29, 1.82) is 0 Å². The van der Waals surface area contributed by atoms with Crippen LogP contribution in [0.1, 0.15) is 34.6 Å². The fourth-order valence-electron chi connectivity index (χ4n) is 1.51. The Morgan fingerprint density at radius 2 is 1.69 bits per heavy atom. The number of hydrogen-bond acceptors (Lipinski definition) is 3. The van der Waals surface area contributed by atoms with Crippen LogP contribution in [0.5, 0.6) is 0 Å². The molecule has 3 heteroatoms. The third kappa shape index (κ3) is 8.43. The first-order chi connectivity index (χ1) is 7.47. The SMILES string of the molecule is COCC(NC(C)CSCC(C)C)C(C)C. The van der Waals surface area contributed by atoms with Crippen LogP contribution in [-0.2, 0) is 4.74 Å². The molecule has 0 aromatic heterocycles. The minimum Gasteiger partial charge on any atom is -0.383 e. The Morgan fingerprint density at radius 1 is 1.06 bits per heavy atom. The summed E-state index contributed by atoms with van der Waals surface area (Å²) < 4.78 is 5.24. The molecule has 0 radical (unpaired) electrons. The molecule has 0 rings (SSSR count). The number of ether oxygens (including phenoxy) is 1. The van der Waals surface area contributed by atoms with E-state index in [0.29, 0.717) is 18.0 Å². The van der Waals surface area contributed by atoms with Gasteiger partial charge in [0.2, 0.25) is 0 Å². The maximum Gasteiger partial charge on any atom is 0.0618 e. The average molecular weight is 247 g/mol. The van der Waals surface area contributed by atoms with Crippen LogP contribution in [0.15, 0.2) is 0 Å². The summed E-state index contributed by atoms with van der Waals surface area (Å²) in [5, 5.41) is 3.65. The van der Waals surface area contributed by atoms with Crippen molar-refractivity contribution in [3.63, 3.8) is 0 Å². The lowest BCUT2D eigenvalue weighted by molar-refractivity contribution is 0.143. The lowest BCUT2D eigenvalue weighted by Crippen LogP contribution is -2.44. The molecule has 0 aliphatic rings. The first-order valence-electron chi connectivity index (χ1n) is 6.30. The maximum absolute atomic E-state index is 5.24. The highest BCUT2D eigenvalue weighted by atomic mass is 32.2. The van der Waals surface area contributed by atoms with E-state index >= 15 is 0 Å². The van der Waals surface area contributed by atoms with E-state index in [4.69, 9.17) is 4.74 Å². The molecular weight excluding hydrogens is 218 g/mol. The second kappa shape index (κ2) is 9.32. The molecule has 1 N–H and O–H groups in total. The van der Waals surface area contributed by atoms with E-state index < -0.39 is 0 Å². The summed E-state index contributed by atoms with van der Waals surface area (Å²) in [5.74, 6) is 3.85. The molecule has 0 aliphatic carbocycles. The lowest BCUT2D eigenvalue weighted by atomic mass is 10.0. The molecule has 0 fully saturated rings. The number of nitrogens with one attached hydrogen (secondary N) is 1. The summed E-state index contributed by atoms with van der Waals surface area (Å²) in [6.07, 6.45) is 0. The zero-order chi connectivity index (χ0) is 12.6. The number of rotatable bonds is 9. The highest BCUT2D eigenvalue weighted by Gasteiger charge is 2.15. The van der Waals surface area contributed by atoms with E-state index in [1.165, 1.54) is 11.5 Å². The Balaban J connectivity index is 3.76. The summed E-state index contributed by atoms with van der Waals surface area (Å²) >= 11 is 2.04. The number of methoxy groups -OCH3 is 1. The molecule has 2 nitrogen and oxygen atoms in total. The second-order valence-electron chi connectivity index (χ2n) is 5.30. The molecule has 2 unspecified atom stereocenters. The molecule has 0 aromatic rings. The summed E-state index contributed by atoms with van der Waals surface area (Å²) in [6, 6.07) is 1.03. The van der Waals surface area contributed by atoms with Crippen molar-refractivity contribution in [2.75, 3.05) is 25.2 Å². The van der Waals surface area contributed by atoms with E-state index in [1.54, 1.807) is 7.11 Å². The van der Waals surface area contributed by atoms with E-state index in [0.717, 1.165) is 12.5 Å². The van der Waals surface area contributed by atoms with Gasteiger partial charge in [-0.3, -0.25) is 0 Å². The largest absolute Gasteiger partial charge is 0.383 e. The van der Waals surface area contributed by atoms with Crippen LogP contribution in [-0.4, -0.2) is 37.3 Å². The van der Waals surface area contributed by atoms with Gasteiger partial charge < -0.3 is 10.1 Å². The molecule has 0 bridgehead atoms. The topological polar surface area (TPSA) is 21.3 Å². The van der Waals surface area contributed by atoms with Gasteiger partial charge >= 0.3 is 0 Å². The quantitative estimate of drug-likeness (QED) is 0.677. The Kier molecular flexibility index (Phi) is 9.47. The van der Waals surface area contributed by atoms with Gasteiger partial charge in [0.15, 0.2) is 0 Å². The Morgan fingerprint density at radius 3 is 2.12 bits per heavy atom. The molecule has 0 heterocycles. The van der Waals surface area contributed by atoms with Crippen LogP contribution >= 0.6 is 11.8 Å². The van der Waals surface area contributed by atoms with Gasteiger partial charge in [-0.15, -0.1) is 0 Å². The van der Waals surface area contributed by atoms with Gasteiger partial charge in [-0.25, -0.2) is 0 Å². The fourth-order valence-corrected chi connectivity index (χ4v) is 2.56. The van der Waals surface area contributed by atoms with Crippen molar-refractivity contribution in [2.45, 2.75) is 46.7 Å². The van der Waals surface area contributed by atoms with Crippen molar-refractivity contribution in [1.82, 2.24) is 5.32 Å². The van der Waals surface area contributed by atoms with Crippen LogP contribution in [0, 0.1) is 11.8 Å². The highest BCUT2D eigenvalue weighted by Crippen LogP contribution is 2.10. The minimum absolute atomic E-state index is 0.472. The van der Waals surface area contributed by atoms with Gasteiger partial charge in [0.05, 0.1) is 6.61 Å². The van der Waals surface area contributed by atoms with E-state index in [-0.39, 0.29) is 0 Å². The lowest BCUT2D eigenvalue weighted by Gasteiger charge is -2.25. The molecule has 0 saturated heterocycles. The van der Waals surface area contributed by atoms with Crippen LogP contribution < -0.4 is 5.32 Å². The van der Waals surface area contributed by atoms with Gasteiger partial charge in [0, 0.05) is 24.9 Å². The van der Waals surface area contributed by atoms with E-state index in [9.17, 15) is 0 Å². The molecule has 0 aliphatic heterocycles. The first-order valence-corrected chi connectivity index (χ1v) is 7.45. The van der Waals surface area contributed by atoms with Gasteiger partial charge in [0.1, 0.15) is 0 Å². The third-order valence-electron chi connectivity index (χ3n) is 2.47. The Labute approximate surface area is 106 Å². The molecule has 0 saturated carbocycles. The van der Waals surface area contributed by atoms with Gasteiger partial charge in [0.25, 0.3) is 0 Å². The third-order valence-corrected chi connectivity index (χ3v) is 4.11. The van der Waals surface area contributed by atoms with E-state index in [2.05, 4.69) is 39.9 Å². The molecule has 2 atom stereocenters. The minimum atomic E-state index is 0.472. The fraction of sp³-hybridized carbons (Fsp3) is 1.00. The van der Waals surface area contributed by atoms with Gasteiger partial charge in [-0.1, -0.05) is 27.7 Å². The predicted molar refractivity (Wildman–Crippen MR) is 75.3 cm³/mol. The number of hydrogen-bond donors (Lipinski definition) is 1. The highest BCUT2D eigenvalue weighted by molar-refractivity contribution is 7.99. The number of thioether (sulfide) groups is 1. The Bertz CT molecular complexity index is 162. The molecule has 98 valence electrons. The van der Waals surface area contributed by atoms with Gasteiger partial charge in [-0.05, 0) is 24.5 Å². The molecule has 0 aromatic carbocycles. The zero-order valence-electron chi connectivity index (χ0n) is 11.7. The smallest absolute Gasteiger partial charge is 0.0618 e. The van der Waals surface area contributed by atoms with Crippen LogP contribution in [0.2, 0.25) is 0 Å². The van der Waals surface area contributed by atoms with Crippen molar-refractivity contribution in [3.8, 4) is 0 Å². The van der Waals surface area contributed by atoms with Crippen molar-refractivity contribution in [2.24, 2.45) is 11.8 Å². The summed E-state index contributed by atoms with van der Waals surface area (Å²) in [7, 11) is 1.77. The average Bonchev–Trinajstić information content (AvgIpc) is 2.16. The van der Waals surface area contributed by atoms with Crippen LogP contribution in [0.25, 0.3) is 0 Å².